The third-order valence-corrected chi connectivity index (χ3v) is 3.19. The highest BCUT2D eigenvalue weighted by Gasteiger charge is 2.13. The molecule has 0 aliphatic heterocycles. The number of carbonyl (C=O) groups is 2. The molecule has 2 rings (SSSR count). The van der Waals surface area contributed by atoms with Crippen LogP contribution in [0.5, 0.6) is 5.75 Å². The summed E-state index contributed by atoms with van der Waals surface area (Å²) in [6.45, 7) is -0.193. The number of pyridine rings is 1. The molecule has 1 aromatic carbocycles. The number of anilines is 1. The molecular weight excluding hydrogens is 346 g/mol. The van der Waals surface area contributed by atoms with Gasteiger partial charge in [-0.05, 0) is 30.3 Å². The molecule has 0 radical (unpaired) electrons. The molecule has 0 aliphatic carbocycles. The molecule has 1 heterocycles. The minimum atomic E-state index is -1.19. The summed E-state index contributed by atoms with van der Waals surface area (Å²) >= 11 is 5.79. The largest absolute Gasteiger partial charge is 0.505 e. The smallest absolute Gasteiger partial charge is 0.322 e. The van der Waals surface area contributed by atoms with Crippen molar-refractivity contribution in [1.29, 1.82) is 0 Å². The van der Waals surface area contributed by atoms with Crippen molar-refractivity contribution in [3.05, 3.63) is 52.8 Å². The Bertz CT molecular complexity index is 841. The number of carboxylic acids is 1. The minimum Gasteiger partial charge on any atom is -0.505 e. The second-order valence-corrected chi connectivity index (χ2v) is 5.27. The van der Waals surface area contributed by atoms with Crippen molar-refractivity contribution < 1.29 is 19.8 Å². The first-order chi connectivity index (χ1) is 12.0. The lowest BCUT2D eigenvalue weighted by molar-refractivity contribution is -0.135. The van der Waals surface area contributed by atoms with E-state index >= 15 is 0 Å². The lowest BCUT2D eigenvalue weighted by atomic mass is 10.2. The van der Waals surface area contributed by atoms with E-state index in [0.717, 1.165) is 5.69 Å². The molecule has 0 spiro atoms. The van der Waals surface area contributed by atoms with E-state index in [0.29, 0.717) is 17.1 Å². The molecule has 1 amide bonds. The first kappa shape index (κ1) is 18.1. The van der Waals surface area contributed by atoms with Crippen molar-refractivity contribution in [2.75, 3.05) is 18.4 Å². The second-order valence-electron chi connectivity index (χ2n) is 4.83. The first-order valence-corrected chi connectivity index (χ1v) is 7.51. The number of benzene rings is 1. The van der Waals surface area contributed by atoms with Gasteiger partial charge in [-0.15, -0.1) is 0 Å². The topological polar surface area (TPSA) is 112 Å². The minimum absolute atomic E-state index is 0.258. The number of carbonyl (C=O) groups excluding carboxylic acids is 1. The Balaban J connectivity index is 1.95. The van der Waals surface area contributed by atoms with Crippen LogP contribution in [0.1, 0.15) is 16.1 Å². The molecule has 7 nitrogen and oxygen atoms in total. The molecular formula is C17H14ClN3O4. The third-order valence-electron chi connectivity index (χ3n) is 2.94. The van der Waals surface area contributed by atoms with E-state index in [9.17, 15) is 14.7 Å². The van der Waals surface area contributed by atoms with Crippen LogP contribution in [0.2, 0.25) is 5.02 Å². The zero-order valence-electron chi connectivity index (χ0n) is 12.9. The summed E-state index contributed by atoms with van der Waals surface area (Å²) in [4.78, 5) is 25.9. The molecule has 0 unspecified atom stereocenters. The first-order valence-electron chi connectivity index (χ1n) is 7.13. The van der Waals surface area contributed by atoms with Gasteiger partial charge < -0.3 is 20.8 Å². The van der Waals surface area contributed by atoms with Crippen LogP contribution in [-0.2, 0) is 4.79 Å². The monoisotopic (exact) mass is 359 g/mol. The van der Waals surface area contributed by atoms with Gasteiger partial charge in [-0.25, -0.2) is 4.98 Å². The summed E-state index contributed by atoms with van der Waals surface area (Å²) in [7, 11) is 0. The molecule has 0 saturated carbocycles. The van der Waals surface area contributed by atoms with Crippen LogP contribution >= 0.6 is 11.6 Å². The Kier molecular flexibility index (Phi) is 6.20. The summed E-state index contributed by atoms with van der Waals surface area (Å²) in [5.74, 6) is 3.31. The number of nitrogens with one attached hydrogen (secondary N) is 2. The maximum atomic E-state index is 11.7. The summed E-state index contributed by atoms with van der Waals surface area (Å²) < 4.78 is 0. The fraction of sp³-hybridized carbons (Fsp3) is 0.118. The number of amides is 1. The zero-order valence-corrected chi connectivity index (χ0v) is 13.7. The van der Waals surface area contributed by atoms with E-state index in [2.05, 4.69) is 27.5 Å². The lowest BCUT2D eigenvalue weighted by Crippen LogP contribution is -2.29. The highest BCUT2D eigenvalue weighted by atomic mass is 35.5. The van der Waals surface area contributed by atoms with Crippen molar-refractivity contribution in [3.8, 4) is 17.6 Å². The van der Waals surface area contributed by atoms with Crippen LogP contribution in [0.4, 0.5) is 5.69 Å². The molecule has 0 atom stereocenters. The van der Waals surface area contributed by atoms with E-state index in [4.69, 9.17) is 16.7 Å². The van der Waals surface area contributed by atoms with Gasteiger partial charge >= 0.3 is 5.97 Å². The Labute approximate surface area is 148 Å². The van der Waals surface area contributed by atoms with Gasteiger partial charge in [-0.3, -0.25) is 9.59 Å². The van der Waals surface area contributed by atoms with E-state index in [1.54, 1.807) is 12.1 Å². The summed E-state index contributed by atoms with van der Waals surface area (Å²) in [5, 5.41) is 24.2. The SMILES string of the molecule is O=C(O)CNC(=O)c1ncc(C#CCNc2ccc(Cl)cc2)cc1O. The van der Waals surface area contributed by atoms with Crippen molar-refractivity contribution in [2.45, 2.75) is 0 Å². The van der Waals surface area contributed by atoms with E-state index in [1.807, 2.05) is 12.1 Å². The van der Waals surface area contributed by atoms with Gasteiger partial charge in [0.2, 0.25) is 0 Å². The Hall–Kier alpha value is -3.24. The number of halogens is 1. The van der Waals surface area contributed by atoms with Crippen LogP contribution in [0.25, 0.3) is 0 Å². The van der Waals surface area contributed by atoms with E-state index in [-0.39, 0.29) is 11.4 Å². The number of aliphatic carboxylic acids is 1. The van der Waals surface area contributed by atoms with Gasteiger partial charge in [0, 0.05) is 22.5 Å². The quantitative estimate of drug-likeness (QED) is 0.605. The summed E-state index contributed by atoms with van der Waals surface area (Å²) in [5.41, 5.74) is 1.03. The fourth-order valence-corrected chi connectivity index (χ4v) is 1.92. The fourth-order valence-electron chi connectivity index (χ4n) is 1.80. The van der Waals surface area contributed by atoms with Gasteiger partial charge in [-0.1, -0.05) is 23.4 Å². The van der Waals surface area contributed by atoms with Crippen LogP contribution in [0.15, 0.2) is 36.5 Å². The Morgan fingerprint density at radius 1 is 1.24 bits per heavy atom. The standard InChI is InChI=1S/C17H14ClN3O4/c18-12-3-5-13(6-4-12)19-7-1-2-11-8-14(22)16(20-9-11)17(25)21-10-15(23)24/h3-6,8-9,19,22H,7,10H2,(H,21,25)(H,23,24). The molecule has 128 valence electrons. The Morgan fingerprint density at radius 3 is 2.60 bits per heavy atom. The molecule has 0 fully saturated rings. The highest BCUT2D eigenvalue weighted by Crippen LogP contribution is 2.15. The number of hydrogen-bond donors (Lipinski definition) is 4. The summed E-state index contributed by atoms with van der Waals surface area (Å²) in [6, 6.07) is 8.45. The van der Waals surface area contributed by atoms with Gasteiger partial charge in [-0.2, -0.15) is 0 Å². The zero-order chi connectivity index (χ0) is 18.2. The predicted octanol–water partition coefficient (Wildman–Crippen LogP) is 1.72. The maximum absolute atomic E-state index is 11.7. The molecule has 25 heavy (non-hydrogen) atoms. The number of hydrogen-bond acceptors (Lipinski definition) is 5. The number of carboxylic acid groups (broad SMARTS) is 1. The van der Waals surface area contributed by atoms with Crippen LogP contribution in [-0.4, -0.2) is 40.2 Å². The van der Waals surface area contributed by atoms with Gasteiger partial charge in [0.25, 0.3) is 5.91 Å². The number of aromatic nitrogens is 1. The average Bonchev–Trinajstić information content (AvgIpc) is 2.58. The average molecular weight is 360 g/mol. The Morgan fingerprint density at radius 2 is 1.96 bits per heavy atom. The normalized spacial score (nSPS) is 9.64. The number of nitrogens with zero attached hydrogens (tertiary/aromatic N) is 1. The molecule has 4 N–H and O–H groups in total. The molecule has 8 heteroatoms. The number of rotatable bonds is 5. The van der Waals surface area contributed by atoms with Crippen LogP contribution in [0.3, 0.4) is 0 Å². The molecule has 0 saturated heterocycles. The maximum Gasteiger partial charge on any atom is 0.322 e. The molecule has 1 aromatic heterocycles. The molecule has 0 aliphatic rings. The van der Waals surface area contributed by atoms with E-state index < -0.39 is 18.4 Å². The van der Waals surface area contributed by atoms with Crippen molar-refractivity contribution in [3.63, 3.8) is 0 Å². The van der Waals surface area contributed by atoms with E-state index in [1.165, 1.54) is 12.3 Å². The number of aromatic hydroxyl groups is 1. The van der Waals surface area contributed by atoms with Crippen molar-refractivity contribution in [2.24, 2.45) is 0 Å². The van der Waals surface area contributed by atoms with Gasteiger partial charge in [0.05, 0.1) is 6.54 Å². The highest BCUT2D eigenvalue weighted by molar-refractivity contribution is 6.30. The summed E-state index contributed by atoms with van der Waals surface area (Å²) in [6.07, 6.45) is 1.32. The van der Waals surface area contributed by atoms with Crippen LogP contribution < -0.4 is 10.6 Å². The molecule has 0 bridgehead atoms. The van der Waals surface area contributed by atoms with Gasteiger partial charge in [0.15, 0.2) is 5.69 Å². The lowest BCUT2D eigenvalue weighted by Gasteiger charge is -2.04. The van der Waals surface area contributed by atoms with Crippen molar-refractivity contribution >= 4 is 29.2 Å². The third kappa shape index (κ3) is 5.71. The van der Waals surface area contributed by atoms with Gasteiger partial charge in [0.1, 0.15) is 12.3 Å². The second kappa shape index (κ2) is 8.57. The predicted molar refractivity (Wildman–Crippen MR) is 92.7 cm³/mol. The molecule has 2 aromatic rings. The van der Waals surface area contributed by atoms with Crippen LogP contribution in [0, 0.1) is 11.8 Å². The van der Waals surface area contributed by atoms with Crippen molar-refractivity contribution in [1.82, 2.24) is 10.3 Å².